The Morgan fingerprint density at radius 3 is 2.63 bits per heavy atom. The molecule has 0 radical (unpaired) electrons. The molecule has 1 atom stereocenters. The highest BCUT2D eigenvalue weighted by molar-refractivity contribution is 5.95. The van der Waals surface area contributed by atoms with Gasteiger partial charge >= 0.3 is 0 Å². The molecular weight excluding hydrogens is 344 g/mol. The molecule has 0 spiro atoms. The predicted molar refractivity (Wildman–Crippen MR) is 101 cm³/mol. The number of nitrogens with two attached hydrogens (primary N) is 1. The van der Waals surface area contributed by atoms with Gasteiger partial charge in [0.1, 0.15) is 5.69 Å². The van der Waals surface area contributed by atoms with Crippen LogP contribution in [0.2, 0.25) is 0 Å². The maximum absolute atomic E-state index is 12.8. The molecule has 0 bridgehead atoms. The van der Waals surface area contributed by atoms with Crippen LogP contribution in [0.3, 0.4) is 0 Å². The fraction of sp³-hybridized carbons (Fsp3) is 0.400. The Kier molecular flexibility index (Phi) is 6.13. The van der Waals surface area contributed by atoms with E-state index in [4.69, 9.17) is 10.5 Å². The molecule has 2 heterocycles. The molecule has 1 saturated heterocycles. The van der Waals surface area contributed by atoms with Gasteiger partial charge < -0.3 is 15.4 Å². The smallest absolute Gasteiger partial charge is 0.268 e. The van der Waals surface area contributed by atoms with Crippen LogP contribution in [0.1, 0.15) is 47.0 Å². The lowest BCUT2D eigenvalue weighted by Crippen LogP contribution is -2.39. The molecule has 2 amide bonds. The van der Waals surface area contributed by atoms with E-state index in [-0.39, 0.29) is 17.7 Å². The van der Waals surface area contributed by atoms with Crippen LogP contribution in [0.25, 0.3) is 11.3 Å². The van der Waals surface area contributed by atoms with Gasteiger partial charge in [0.25, 0.3) is 11.8 Å². The summed E-state index contributed by atoms with van der Waals surface area (Å²) in [5.41, 5.74) is 7.26. The number of carbonyl (C=O) groups excluding carboxylic acids is 2. The van der Waals surface area contributed by atoms with Crippen molar-refractivity contribution in [2.24, 2.45) is 5.73 Å². The molecule has 0 saturated carbocycles. The van der Waals surface area contributed by atoms with E-state index in [0.29, 0.717) is 24.3 Å². The van der Waals surface area contributed by atoms with E-state index in [1.54, 1.807) is 30.5 Å². The van der Waals surface area contributed by atoms with Gasteiger partial charge in [-0.1, -0.05) is 12.1 Å². The lowest BCUT2D eigenvalue weighted by Gasteiger charge is -2.29. The first kappa shape index (κ1) is 19.0. The Morgan fingerprint density at radius 1 is 1.22 bits per heavy atom. The number of ether oxygens (including phenoxy) is 1. The quantitative estimate of drug-likeness (QED) is 0.843. The van der Waals surface area contributed by atoms with Crippen molar-refractivity contribution in [1.29, 1.82) is 0 Å². The Balaban J connectivity index is 1.72. The second-order valence-corrected chi connectivity index (χ2v) is 6.56. The number of carbonyl (C=O) groups is 2. The summed E-state index contributed by atoms with van der Waals surface area (Å²) >= 11 is 0. The van der Waals surface area contributed by atoms with E-state index in [2.05, 4.69) is 9.97 Å². The van der Waals surface area contributed by atoms with Gasteiger partial charge in [0.05, 0.1) is 24.2 Å². The molecule has 1 unspecified atom stereocenters. The number of nitrogens with zero attached hydrogens (tertiary/aromatic N) is 3. The lowest BCUT2D eigenvalue weighted by molar-refractivity contribution is -0.00311. The van der Waals surface area contributed by atoms with Crippen LogP contribution in [-0.4, -0.2) is 52.5 Å². The topological polar surface area (TPSA) is 98.4 Å². The van der Waals surface area contributed by atoms with Crippen molar-refractivity contribution >= 4 is 11.8 Å². The number of hydrogen-bond donors (Lipinski definition) is 1. The second-order valence-electron chi connectivity index (χ2n) is 6.56. The summed E-state index contributed by atoms with van der Waals surface area (Å²) in [5.74, 6) is -0.644. The van der Waals surface area contributed by atoms with Crippen molar-refractivity contribution < 1.29 is 14.3 Å². The SMILES string of the molecule is CCN(CC1CCCCO1)C(=O)c1ccc(-c2cncc(C(N)=O)n2)cc1. The third-order valence-corrected chi connectivity index (χ3v) is 4.68. The first-order chi connectivity index (χ1) is 13.1. The number of benzene rings is 1. The fourth-order valence-electron chi connectivity index (χ4n) is 3.14. The van der Waals surface area contributed by atoms with Crippen molar-refractivity contribution in [2.75, 3.05) is 19.7 Å². The lowest BCUT2D eigenvalue weighted by atomic mass is 10.1. The number of rotatable bonds is 6. The normalized spacial score (nSPS) is 16.7. The molecule has 1 aliphatic heterocycles. The summed E-state index contributed by atoms with van der Waals surface area (Å²) in [6, 6.07) is 7.13. The summed E-state index contributed by atoms with van der Waals surface area (Å²) < 4.78 is 5.76. The zero-order valence-electron chi connectivity index (χ0n) is 15.4. The summed E-state index contributed by atoms with van der Waals surface area (Å²) in [7, 11) is 0. The highest BCUT2D eigenvalue weighted by Crippen LogP contribution is 2.19. The molecule has 2 aromatic rings. The Bertz CT molecular complexity index is 801. The van der Waals surface area contributed by atoms with E-state index in [1.807, 2.05) is 11.8 Å². The highest BCUT2D eigenvalue weighted by atomic mass is 16.5. The molecule has 142 valence electrons. The molecule has 1 aliphatic rings. The fourth-order valence-corrected chi connectivity index (χ4v) is 3.14. The number of primary amides is 1. The van der Waals surface area contributed by atoms with Gasteiger partial charge in [0.2, 0.25) is 0 Å². The number of hydrogen-bond acceptors (Lipinski definition) is 5. The van der Waals surface area contributed by atoms with Gasteiger partial charge in [-0.3, -0.25) is 14.6 Å². The first-order valence-corrected chi connectivity index (χ1v) is 9.21. The largest absolute Gasteiger partial charge is 0.376 e. The van der Waals surface area contributed by atoms with Gasteiger partial charge in [-0.15, -0.1) is 0 Å². The van der Waals surface area contributed by atoms with Crippen LogP contribution in [-0.2, 0) is 4.74 Å². The number of aromatic nitrogens is 2. The van der Waals surface area contributed by atoms with E-state index in [9.17, 15) is 9.59 Å². The van der Waals surface area contributed by atoms with E-state index in [1.165, 1.54) is 6.20 Å². The Labute approximate surface area is 158 Å². The Hall–Kier alpha value is -2.80. The van der Waals surface area contributed by atoms with Crippen molar-refractivity contribution in [2.45, 2.75) is 32.3 Å². The van der Waals surface area contributed by atoms with Crippen LogP contribution < -0.4 is 5.73 Å². The third kappa shape index (κ3) is 4.68. The summed E-state index contributed by atoms with van der Waals surface area (Å²) in [4.78, 5) is 34.1. The van der Waals surface area contributed by atoms with Gasteiger partial charge in [0, 0.05) is 30.8 Å². The van der Waals surface area contributed by atoms with Gasteiger partial charge in [-0.2, -0.15) is 0 Å². The second kappa shape index (κ2) is 8.73. The van der Waals surface area contributed by atoms with E-state index < -0.39 is 5.91 Å². The Morgan fingerprint density at radius 2 is 2.00 bits per heavy atom. The summed E-state index contributed by atoms with van der Waals surface area (Å²) in [6.07, 6.45) is 6.25. The molecule has 2 N–H and O–H groups in total. The zero-order valence-corrected chi connectivity index (χ0v) is 15.4. The standard InChI is InChI=1S/C20H24N4O3/c1-2-24(13-16-5-3-4-10-27-16)20(26)15-8-6-14(7-9-15)17-11-22-12-18(23-17)19(21)25/h6-9,11-12,16H,2-5,10,13H2,1H3,(H2,21,25). The van der Waals surface area contributed by atoms with Crippen LogP contribution in [0.5, 0.6) is 0 Å². The zero-order chi connectivity index (χ0) is 19.2. The van der Waals surface area contributed by atoms with Crippen LogP contribution >= 0.6 is 0 Å². The average Bonchev–Trinajstić information content (AvgIpc) is 2.72. The molecule has 27 heavy (non-hydrogen) atoms. The molecule has 0 aliphatic carbocycles. The molecule has 7 heteroatoms. The third-order valence-electron chi connectivity index (χ3n) is 4.68. The first-order valence-electron chi connectivity index (χ1n) is 9.21. The molecular formula is C20H24N4O3. The number of likely N-dealkylation sites (N-methyl/N-ethyl adjacent to an activating group) is 1. The summed E-state index contributed by atoms with van der Waals surface area (Å²) in [6.45, 7) is 3.99. The minimum atomic E-state index is -0.625. The monoisotopic (exact) mass is 368 g/mol. The molecule has 1 aromatic carbocycles. The maximum Gasteiger partial charge on any atom is 0.268 e. The molecule has 1 fully saturated rings. The van der Waals surface area contributed by atoms with Crippen LogP contribution in [0, 0.1) is 0 Å². The number of amides is 2. The highest BCUT2D eigenvalue weighted by Gasteiger charge is 2.21. The minimum Gasteiger partial charge on any atom is -0.376 e. The van der Waals surface area contributed by atoms with Crippen LogP contribution in [0.15, 0.2) is 36.7 Å². The van der Waals surface area contributed by atoms with Gasteiger partial charge in [-0.05, 0) is 38.3 Å². The van der Waals surface area contributed by atoms with E-state index >= 15 is 0 Å². The molecule has 7 nitrogen and oxygen atoms in total. The predicted octanol–water partition coefficient (Wildman–Crippen LogP) is 2.27. The van der Waals surface area contributed by atoms with Crippen molar-refractivity contribution in [3.05, 3.63) is 47.9 Å². The van der Waals surface area contributed by atoms with Crippen molar-refractivity contribution in [3.8, 4) is 11.3 Å². The minimum absolute atomic E-state index is 0.0183. The maximum atomic E-state index is 12.8. The van der Waals surface area contributed by atoms with Gasteiger partial charge in [0.15, 0.2) is 0 Å². The molecule has 1 aromatic heterocycles. The van der Waals surface area contributed by atoms with E-state index in [0.717, 1.165) is 31.4 Å². The average molecular weight is 368 g/mol. The van der Waals surface area contributed by atoms with Gasteiger partial charge in [-0.25, -0.2) is 4.98 Å². The van der Waals surface area contributed by atoms with Crippen molar-refractivity contribution in [1.82, 2.24) is 14.9 Å². The summed E-state index contributed by atoms with van der Waals surface area (Å²) in [5, 5.41) is 0. The molecule has 3 rings (SSSR count). The van der Waals surface area contributed by atoms with Crippen molar-refractivity contribution in [3.63, 3.8) is 0 Å². The van der Waals surface area contributed by atoms with Crippen LogP contribution in [0.4, 0.5) is 0 Å².